The second-order valence-corrected chi connectivity index (χ2v) is 4.42. The Kier molecular flexibility index (Phi) is 28.7. The van der Waals surface area contributed by atoms with Gasteiger partial charge in [-0.15, -0.1) is 0 Å². The van der Waals surface area contributed by atoms with Crippen LogP contribution in [0.25, 0.3) is 0 Å². The fraction of sp³-hybridized carbons (Fsp3) is 0. The van der Waals surface area contributed by atoms with E-state index in [9.17, 15) is 0 Å². The van der Waals surface area contributed by atoms with Gasteiger partial charge < -0.3 is 55.0 Å². The van der Waals surface area contributed by atoms with Crippen molar-refractivity contribution in [3.05, 3.63) is 0 Å². The standard InChI is InChI=1S/Al.3H3O4P.2H2O/c;3*1-5(2,3)4;;/h;3*(H3,1,2,3,4);2*1H2/q+3;;;;;/p-3. The maximum atomic E-state index is 8.77. The molecular formula is H10AlO14P3. The van der Waals surface area contributed by atoms with Gasteiger partial charge in [0, 0.05) is 0 Å². The van der Waals surface area contributed by atoms with Gasteiger partial charge in [-0.2, -0.15) is 0 Å². The molecule has 0 aliphatic rings. The Labute approximate surface area is 110 Å². The van der Waals surface area contributed by atoms with Crippen molar-refractivity contribution in [2.75, 3.05) is 0 Å². The Morgan fingerprint density at radius 3 is 0.556 bits per heavy atom. The van der Waals surface area contributed by atoms with Gasteiger partial charge in [0.15, 0.2) is 0 Å². The van der Waals surface area contributed by atoms with Gasteiger partial charge in [0.2, 0.25) is 0 Å². The molecule has 0 atom stereocenters. The van der Waals surface area contributed by atoms with Crippen molar-refractivity contribution in [1.29, 1.82) is 0 Å². The first-order valence-electron chi connectivity index (χ1n) is 2.30. The fourth-order valence-corrected chi connectivity index (χ4v) is 0. The topological polar surface area (TPSA) is 305 Å². The first kappa shape index (κ1) is 36.4. The van der Waals surface area contributed by atoms with E-state index >= 15 is 0 Å². The summed E-state index contributed by atoms with van der Waals surface area (Å²) < 4.78 is 26.3. The minimum absolute atomic E-state index is 0. The summed E-state index contributed by atoms with van der Waals surface area (Å²) in [6.07, 6.45) is 0. The minimum atomic E-state index is -4.89. The minimum Gasteiger partial charge on any atom is -0.756 e. The second kappa shape index (κ2) is 14.2. The third kappa shape index (κ3) is 6830. The van der Waals surface area contributed by atoms with Crippen molar-refractivity contribution in [3.8, 4) is 0 Å². The molecule has 0 radical (unpaired) electrons. The molecule has 112 valence electrons. The van der Waals surface area contributed by atoms with Crippen LogP contribution in [0.3, 0.4) is 0 Å². The molecule has 0 spiro atoms. The molecule has 0 fully saturated rings. The Balaban J connectivity index is -0.0000000277. The van der Waals surface area contributed by atoms with Crippen LogP contribution in [-0.2, 0) is 13.7 Å². The van der Waals surface area contributed by atoms with E-state index in [1.165, 1.54) is 0 Å². The van der Waals surface area contributed by atoms with Crippen LogP contribution in [0.5, 0.6) is 0 Å². The molecular weight excluding hydrogens is 344 g/mol. The molecule has 0 heterocycles. The van der Waals surface area contributed by atoms with E-state index in [0.29, 0.717) is 0 Å². The molecule has 0 aromatic rings. The summed E-state index contributed by atoms with van der Waals surface area (Å²) >= 11 is 0. The first-order chi connectivity index (χ1) is 6.00. The van der Waals surface area contributed by atoms with Gasteiger partial charge in [0.25, 0.3) is 23.5 Å². The fourth-order valence-electron chi connectivity index (χ4n) is 0. The summed E-state index contributed by atoms with van der Waals surface area (Å²) in [5.41, 5.74) is 0. The van der Waals surface area contributed by atoms with Gasteiger partial charge in [-0.1, -0.05) is 0 Å². The zero-order chi connectivity index (χ0) is 13.5. The van der Waals surface area contributed by atoms with Crippen LogP contribution >= 0.6 is 23.5 Å². The van der Waals surface area contributed by atoms with Gasteiger partial charge in [0.05, 0.1) is 0 Å². The summed E-state index contributed by atoms with van der Waals surface area (Å²) in [6, 6.07) is 0. The van der Waals surface area contributed by atoms with E-state index < -0.39 is 23.5 Å². The van der Waals surface area contributed by atoms with Crippen LogP contribution in [0.15, 0.2) is 0 Å². The number of hydrogen-bond acceptors (Lipinski definition) is 6. The summed E-state index contributed by atoms with van der Waals surface area (Å²) in [5, 5.41) is 0. The maximum Gasteiger partial charge on any atom is 3.00 e. The summed E-state index contributed by atoms with van der Waals surface area (Å²) in [6.45, 7) is 0. The molecule has 18 heavy (non-hydrogen) atoms. The van der Waals surface area contributed by atoms with Crippen molar-refractivity contribution >= 4 is 40.8 Å². The summed E-state index contributed by atoms with van der Waals surface area (Å²) in [7, 11) is -14.7. The molecule has 0 aromatic heterocycles. The summed E-state index contributed by atoms with van der Waals surface area (Å²) in [5.74, 6) is 0. The molecule has 0 unspecified atom stereocenters. The molecule has 0 saturated heterocycles. The monoisotopic (exact) mass is 354 g/mol. The van der Waals surface area contributed by atoms with Crippen molar-refractivity contribution in [1.82, 2.24) is 0 Å². The van der Waals surface area contributed by atoms with E-state index in [-0.39, 0.29) is 28.3 Å². The zero-order valence-electron chi connectivity index (χ0n) is 8.05. The van der Waals surface area contributed by atoms with Gasteiger partial charge in [-0.05, 0) is 0 Å². The van der Waals surface area contributed by atoms with Crippen molar-refractivity contribution in [2.45, 2.75) is 0 Å². The second-order valence-electron chi connectivity index (χ2n) is 1.47. The van der Waals surface area contributed by atoms with Gasteiger partial charge in [-0.25, -0.2) is 0 Å². The third-order valence-corrected chi connectivity index (χ3v) is 0. The molecule has 0 bridgehead atoms. The van der Waals surface area contributed by atoms with Gasteiger partial charge >= 0.3 is 17.4 Å². The quantitative estimate of drug-likeness (QED) is 0.174. The first-order valence-corrected chi connectivity index (χ1v) is 6.89. The van der Waals surface area contributed by atoms with E-state index in [0.717, 1.165) is 0 Å². The van der Waals surface area contributed by atoms with Crippen LogP contribution in [0.2, 0.25) is 0 Å². The summed E-state index contributed by atoms with van der Waals surface area (Å²) in [4.78, 5) is 68.8. The zero-order valence-corrected chi connectivity index (χ0v) is 11.9. The SMILES string of the molecule is O.O.O=P([O-])(O)O.O=P([O-])(O)O.O=P([O-])(O)O.[Al+3]. The van der Waals surface area contributed by atoms with Crippen LogP contribution in [0, 0.1) is 0 Å². The van der Waals surface area contributed by atoms with Crippen molar-refractivity contribution < 1.29 is 68.7 Å². The smallest absolute Gasteiger partial charge is 0.756 e. The molecule has 18 heteroatoms. The molecule has 0 rings (SSSR count). The van der Waals surface area contributed by atoms with E-state index in [4.69, 9.17) is 57.7 Å². The van der Waals surface area contributed by atoms with Crippen molar-refractivity contribution in [3.63, 3.8) is 0 Å². The molecule has 0 aromatic carbocycles. The van der Waals surface area contributed by atoms with Crippen LogP contribution in [0.4, 0.5) is 0 Å². The van der Waals surface area contributed by atoms with Crippen LogP contribution < -0.4 is 14.7 Å². The number of rotatable bonds is 0. The van der Waals surface area contributed by atoms with E-state index in [1.54, 1.807) is 0 Å². The van der Waals surface area contributed by atoms with E-state index in [2.05, 4.69) is 0 Å². The number of phosphoric acid groups is 3. The Bertz CT molecular complexity index is 203. The molecule has 0 aliphatic heterocycles. The molecule has 14 nitrogen and oxygen atoms in total. The Morgan fingerprint density at radius 1 is 0.556 bits per heavy atom. The van der Waals surface area contributed by atoms with Gasteiger partial charge in [0.1, 0.15) is 0 Å². The molecule has 0 aliphatic carbocycles. The molecule has 0 saturated carbocycles. The average molecular weight is 354 g/mol. The van der Waals surface area contributed by atoms with E-state index in [1.807, 2.05) is 0 Å². The van der Waals surface area contributed by atoms with Gasteiger partial charge in [-0.3, -0.25) is 13.7 Å². The molecule has 0 amide bonds. The Morgan fingerprint density at radius 2 is 0.556 bits per heavy atom. The normalized spacial score (nSPS) is 9.83. The van der Waals surface area contributed by atoms with Crippen molar-refractivity contribution in [2.24, 2.45) is 0 Å². The van der Waals surface area contributed by atoms with Crippen LogP contribution in [0.1, 0.15) is 0 Å². The average Bonchev–Trinajstić information content (AvgIpc) is 1.41. The molecule has 10 N–H and O–H groups in total. The Hall–Kier alpha value is 0.782. The third-order valence-electron chi connectivity index (χ3n) is 0. The predicted octanol–water partition coefficient (Wildman–Crippen LogP) is -6.71. The maximum absolute atomic E-state index is 8.77. The largest absolute Gasteiger partial charge is 3.00 e. The predicted molar refractivity (Wildman–Crippen MR) is 49.1 cm³/mol. The number of hydrogen-bond donors (Lipinski definition) is 6. The van der Waals surface area contributed by atoms with Crippen LogP contribution in [-0.4, -0.2) is 57.7 Å².